The molecule has 1 saturated heterocycles. The van der Waals surface area contributed by atoms with Crippen LogP contribution in [0.4, 0.5) is 4.39 Å². The first-order valence-corrected chi connectivity index (χ1v) is 7.76. The molecule has 1 aliphatic heterocycles. The number of rotatable bonds is 3. The van der Waals surface area contributed by atoms with Gasteiger partial charge in [0, 0.05) is 35.0 Å². The maximum atomic E-state index is 13.9. The number of benzene rings is 1. The summed E-state index contributed by atoms with van der Waals surface area (Å²) < 4.78 is 13.9. The van der Waals surface area contributed by atoms with Gasteiger partial charge >= 0.3 is 5.97 Å². The third kappa shape index (κ3) is 2.47. The molecule has 1 saturated carbocycles. The minimum absolute atomic E-state index is 0.0828. The first-order valence-electron chi connectivity index (χ1n) is 7.39. The summed E-state index contributed by atoms with van der Waals surface area (Å²) in [7, 11) is 0. The third-order valence-corrected chi connectivity index (χ3v) is 5.16. The molecule has 118 valence electrons. The molecule has 1 heterocycles. The van der Waals surface area contributed by atoms with E-state index in [2.05, 4.69) is 0 Å². The van der Waals surface area contributed by atoms with Crippen molar-refractivity contribution in [3.63, 3.8) is 0 Å². The van der Waals surface area contributed by atoms with Gasteiger partial charge in [0.1, 0.15) is 5.82 Å². The van der Waals surface area contributed by atoms with Crippen LogP contribution < -0.4 is 0 Å². The highest BCUT2D eigenvalue weighted by Crippen LogP contribution is 2.52. The molecule has 4 unspecified atom stereocenters. The van der Waals surface area contributed by atoms with Crippen molar-refractivity contribution in [2.75, 3.05) is 6.54 Å². The van der Waals surface area contributed by atoms with Crippen molar-refractivity contribution < 1.29 is 19.1 Å². The number of amides is 1. The van der Waals surface area contributed by atoms with Crippen molar-refractivity contribution in [1.29, 1.82) is 0 Å². The zero-order valence-corrected chi connectivity index (χ0v) is 12.9. The van der Waals surface area contributed by atoms with Crippen molar-refractivity contribution in [2.24, 2.45) is 11.8 Å². The lowest BCUT2D eigenvalue weighted by Gasteiger charge is -2.23. The molecule has 1 amide bonds. The van der Waals surface area contributed by atoms with Gasteiger partial charge in [-0.3, -0.25) is 9.59 Å². The van der Waals surface area contributed by atoms with E-state index >= 15 is 0 Å². The molecule has 6 heteroatoms. The van der Waals surface area contributed by atoms with Gasteiger partial charge in [0.2, 0.25) is 5.91 Å². The van der Waals surface area contributed by atoms with Gasteiger partial charge in [0.25, 0.3) is 0 Å². The standard InChI is InChI=1S/C16H17ClFNO3/c1-8-9(16(21)22)5-6-19(8)15(20)11-7-10(11)14-12(17)3-2-4-13(14)18/h2-4,8-11H,5-7H2,1H3,(H,21,22). The van der Waals surface area contributed by atoms with Gasteiger partial charge in [-0.2, -0.15) is 0 Å². The average molecular weight is 326 g/mol. The lowest BCUT2D eigenvalue weighted by molar-refractivity contribution is -0.143. The molecule has 22 heavy (non-hydrogen) atoms. The van der Waals surface area contributed by atoms with E-state index in [0.717, 1.165) is 0 Å². The summed E-state index contributed by atoms with van der Waals surface area (Å²) >= 11 is 6.04. The van der Waals surface area contributed by atoms with Crippen LogP contribution in [0.25, 0.3) is 0 Å². The number of hydrogen-bond donors (Lipinski definition) is 1. The number of carbonyl (C=O) groups is 2. The van der Waals surface area contributed by atoms with Gasteiger partial charge in [0.05, 0.1) is 5.92 Å². The number of likely N-dealkylation sites (tertiary alicyclic amines) is 1. The molecule has 1 aliphatic carbocycles. The minimum atomic E-state index is -0.868. The molecule has 0 spiro atoms. The number of halogens is 2. The summed E-state index contributed by atoms with van der Waals surface area (Å²) in [4.78, 5) is 25.3. The summed E-state index contributed by atoms with van der Waals surface area (Å²) in [6.07, 6.45) is 1.04. The van der Waals surface area contributed by atoms with E-state index in [0.29, 0.717) is 30.0 Å². The van der Waals surface area contributed by atoms with Crippen molar-refractivity contribution in [3.05, 3.63) is 34.6 Å². The molecule has 1 aromatic carbocycles. The SMILES string of the molecule is CC1C(C(=O)O)CCN1C(=O)C1CC1c1c(F)cccc1Cl. The Balaban J connectivity index is 1.73. The second-order valence-corrected chi connectivity index (χ2v) is 6.50. The predicted octanol–water partition coefficient (Wildman–Crippen LogP) is 2.90. The van der Waals surface area contributed by atoms with E-state index in [4.69, 9.17) is 16.7 Å². The molecule has 4 atom stereocenters. The Morgan fingerprint density at radius 2 is 2.09 bits per heavy atom. The summed E-state index contributed by atoms with van der Waals surface area (Å²) in [5, 5.41) is 9.48. The van der Waals surface area contributed by atoms with Gasteiger partial charge in [-0.1, -0.05) is 17.7 Å². The van der Waals surface area contributed by atoms with E-state index in [1.165, 1.54) is 6.07 Å². The maximum absolute atomic E-state index is 13.9. The van der Waals surface area contributed by atoms with Gasteiger partial charge < -0.3 is 10.0 Å². The smallest absolute Gasteiger partial charge is 0.308 e. The minimum Gasteiger partial charge on any atom is -0.481 e. The number of carboxylic acids is 1. The van der Waals surface area contributed by atoms with E-state index < -0.39 is 11.9 Å². The van der Waals surface area contributed by atoms with Crippen molar-refractivity contribution >= 4 is 23.5 Å². The summed E-state index contributed by atoms with van der Waals surface area (Å²) in [6.45, 7) is 2.21. The molecule has 3 rings (SSSR count). The second kappa shape index (κ2) is 5.54. The summed E-state index contributed by atoms with van der Waals surface area (Å²) in [6, 6.07) is 4.20. The first kappa shape index (κ1) is 15.3. The van der Waals surface area contributed by atoms with E-state index in [9.17, 15) is 14.0 Å². The molecular formula is C16H17ClFNO3. The Bertz CT molecular complexity index is 616. The Morgan fingerprint density at radius 1 is 1.36 bits per heavy atom. The Kier molecular flexibility index (Phi) is 3.85. The Labute approximate surface area is 132 Å². The van der Waals surface area contributed by atoms with E-state index in [-0.39, 0.29) is 29.6 Å². The Morgan fingerprint density at radius 3 is 2.68 bits per heavy atom. The summed E-state index contributed by atoms with van der Waals surface area (Å²) in [5.74, 6) is -2.33. The van der Waals surface area contributed by atoms with Gasteiger partial charge in [-0.15, -0.1) is 0 Å². The summed E-state index contributed by atoms with van der Waals surface area (Å²) in [5.41, 5.74) is 0.407. The molecule has 2 aliphatic rings. The van der Waals surface area contributed by atoms with Crippen LogP contribution >= 0.6 is 11.6 Å². The molecule has 2 fully saturated rings. The number of carbonyl (C=O) groups excluding carboxylic acids is 1. The topological polar surface area (TPSA) is 57.6 Å². The molecule has 1 N–H and O–H groups in total. The third-order valence-electron chi connectivity index (χ3n) is 4.83. The zero-order chi connectivity index (χ0) is 16.0. The predicted molar refractivity (Wildman–Crippen MR) is 79.2 cm³/mol. The van der Waals surface area contributed by atoms with Crippen LogP contribution in [0.3, 0.4) is 0 Å². The fourth-order valence-electron chi connectivity index (χ4n) is 3.45. The lowest BCUT2D eigenvalue weighted by Crippen LogP contribution is -2.38. The number of hydrogen-bond acceptors (Lipinski definition) is 2. The van der Waals surface area contributed by atoms with Gasteiger partial charge in [-0.05, 0) is 31.9 Å². The fraction of sp³-hybridized carbons (Fsp3) is 0.500. The number of aliphatic carboxylic acids is 1. The molecule has 0 aromatic heterocycles. The fourth-order valence-corrected chi connectivity index (χ4v) is 3.75. The van der Waals surface area contributed by atoms with Crippen LogP contribution in [0.15, 0.2) is 18.2 Å². The molecular weight excluding hydrogens is 309 g/mol. The van der Waals surface area contributed by atoms with Crippen LogP contribution in [0.1, 0.15) is 31.2 Å². The van der Waals surface area contributed by atoms with E-state index in [1.807, 2.05) is 0 Å². The first-order chi connectivity index (χ1) is 10.4. The number of nitrogens with zero attached hydrogens (tertiary/aromatic N) is 1. The van der Waals surface area contributed by atoms with Crippen LogP contribution in [-0.4, -0.2) is 34.5 Å². The normalized spacial score (nSPS) is 30.4. The van der Waals surface area contributed by atoms with Crippen molar-refractivity contribution in [3.8, 4) is 0 Å². The van der Waals surface area contributed by atoms with Crippen molar-refractivity contribution in [2.45, 2.75) is 31.7 Å². The maximum Gasteiger partial charge on any atom is 0.308 e. The molecule has 0 bridgehead atoms. The van der Waals surface area contributed by atoms with Crippen LogP contribution in [0.2, 0.25) is 5.02 Å². The van der Waals surface area contributed by atoms with Crippen LogP contribution in [0, 0.1) is 17.7 Å². The highest BCUT2D eigenvalue weighted by molar-refractivity contribution is 6.31. The zero-order valence-electron chi connectivity index (χ0n) is 12.1. The van der Waals surface area contributed by atoms with Crippen LogP contribution in [-0.2, 0) is 9.59 Å². The molecule has 4 nitrogen and oxygen atoms in total. The lowest BCUT2D eigenvalue weighted by atomic mass is 10.0. The average Bonchev–Trinajstić information content (AvgIpc) is 3.12. The Hall–Kier alpha value is -1.62. The highest BCUT2D eigenvalue weighted by Gasteiger charge is 2.50. The van der Waals surface area contributed by atoms with Crippen LogP contribution in [0.5, 0.6) is 0 Å². The van der Waals surface area contributed by atoms with Crippen molar-refractivity contribution in [1.82, 2.24) is 4.90 Å². The quantitative estimate of drug-likeness (QED) is 0.929. The van der Waals surface area contributed by atoms with E-state index in [1.54, 1.807) is 24.0 Å². The molecule has 1 aromatic rings. The molecule has 0 radical (unpaired) electrons. The second-order valence-electron chi connectivity index (χ2n) is 6.09. The highest BCUT2D eigenvalue weighted by atomic mass is 35.5. The monoisotopic (exact) mass is 325 g/mol. The van der Waals surface area contributed by atoms with Gasteiger partial charge in [-0.25, -0.2) is 4.39 Å². The number of carboxylic acid groups (broad SMARTS) is 1. The largest absolute Gasteiger partial charge is 0.481 e. The van der Waals surface area contributed by atoms with Gasteiger partial charge in [0.15, 0.2) is 0 Å².